The van der Waals surface area contributed by atoms with E-state index in [4.69, 9.17) is 4.42 Å². The summed E-state index contributed by atoms with van der Waals surface area (Å²) in [5.41, 5.74) is 2.91. The van der Waals surface area contributed by atoms with Crippen LogP contribution in [-0.2, 0) is 6.54 Å². The Kier molecular flexibility index (Phi) is 3.04. The average molecular weight is 349 g/mol. The minimum atomic E-state index is 0.556. The summed E-state index contributed by atoms with van der Waals surface area (Å²) in [6.07, 6.45) is 2.43. The van der Waals surface area contributed by atoms with Crippen LogP contribution >= 0.6 is 27.3 Å². The fourth-order valence-corrected chi connectivity index (χ4v) is 3.63. The van der Waals surface area contributed by atoms with E-state index >= 15 is 0 Å². The highest BCUT2D eigenvalue weighted by molar-refractivity contribution is 9.10. The van der Waals surface area contributed by atoms with Gasteiger partial charge in [0.05, 0.1) is 6.54 Å². The maximum atomic E-state index is 5.77. The number of oxazole rings is 1. The molecule has 1 aromatic carbocycles. The van der Waals surface area contributed by atoms with Crippen molar-refractivity contribution in [3.05, 3.63) is 44.9 Å². The lowest BCUT2D eigenvalue weighted by molar-refractivity contribution is 0.533. The molecule has 3 aromatic rings. The summed E-state index contributed by atoms with van der Waals surface area (Å²) in [6, 6.07) is 8.18. The van der Waals surface area contributed by atoms with Crippen LogP contribution in [0.5, 0.6) is 0 Å². The molecule has 0 unspecified atom stereocenters. The minimum Gasteiger partial charge on any atom is -0.440 e. The van der Waals surface area contributed by atoms with Crippen molar-refractivity contribution in [2.45, 2.75) is 25.3 Å². The number of hydrogen-bond donors (Lipinski definition) is 1. The Morgan fingerprint density at radius 3 is 3.00 bits per heavy atom. The Balaban J connectivity index is 1.55. The number of aromatic nitrogens is 1. The topological polar surface area (TPSA) is 38.1 Å². The van der Waals surface area contributed by atoms with Gasteiger partial charge in [-0.1, -0.05) is 0 Å². The van der Waals surface area contributed by atoms with Gasteiger partial charge in [-0.15, -0.1) is 11.3 Å². The summed E-state index contributed by atoms with van der Waals surface area (Å²) in [5, 5.41) is 5.52. The third kappa shape index (κ3) is 2.36. The van der Waals surface area contributed by atoms with Gasteiger partial charge in [0.25, 0.3) is 0 Å². The van der Waals surface area contributed by atoms with E-state index in [1.165, 1.54) is 17.7 Å². The van der Waals surface area contributed by atoms with Crippen LogP contribution in [0.4, 0.5) is 5.69 Å². The van der Waals surface area contributed by atoms with Crippen molar-refractivity contribution < 1.29 is 4.42 Å². The zero-order valence-corrected chi connectivity index (χ0v) is 13.1. The molecule has 1 fully saturated rings. The Morgan fingerprint density at radius 1 is 1.35 bits per heavy atom. The highest BCUT2D eigenvalue weighted by Crippen LogP contribution is 2.40. The Bertz CT molecular complexity index is 760. The SMILES string of the molecule is Brc1ccsc1CNc1ccc2oc(C3CC3)nc2c1. The first-order valence-electron chi connectivity index (χ1n) is 6.66. The Labute approximate surface area is 129 Å². The zero-order chi connectivity index (χ0) is 13.5. The fraction of sp³-hybridized carbons (Fsp3) is 0.267. The van der Waals surface area contributed by atoms with Crippen LogP contribution in [-0.4, -0.2) is 4.98 Å². The predicted octanol–water partition coefficient (Wildman–Crippen LogP) is 5.14. The number of nitrogens with one attached hydrogen (secondary N) is 1. The molecule has 102 valence electrons. The van der Waals surface area contributed by atoms with Crippen molar-refractivity contribution in [2.75, 3.05) is 5.32 Å². The molecule has 0 aliphatic heterocycles. The van der Waals surface area contributed by atoms with Crippen LogP contribution in [0.3, 0.4) is 0 Å². The van der Waals surface area contributed by atoms with Gasteiger partial charge in [-0.2, -0.15) is 0 Å². The standard InChI is InChI=1S/C15H13BrN2OS/c16-11-5-6-20-14(11)8-17-10-3-4-13-12(7-10)18-15(19-13)9-1-2-9/h3-7,9,17H,1-2,8H2. The zero-order valence-electron chi connectivity index (χ0n) is 10.7. The maximum Gasteiger partial charge on any atom is 0.198 e. The fourth-order valence-electron chi connectivity index (χ4n) is 2.19. The monoisotopic (exact) mass is 348 g/mol. The van der Waals surface area contributed by atoms with E-state index in [-0.39, 0.29) is 0 Å². The van der Waals surface area contributed by atoms with Crippen LogP contribution < -0.4 is 5.32 Å². The lowest BCUT2D eigenvalue weighted by atomic mass is 10.3. The highest BCUT2D eigenvalue weighted by atomic mass is 79.9. The Morgan fingerprint density at radius 2 is 2.25 bits per heavy atom. The molecule has 5 heteroatoms. The molecule has 1 aliphatic rings. The van der Waals surface area contributed by atoms with Crippen molar-refractivity contribution in [1.82, 2.24) is 4.98 Å². The molecule has 20 heavy (non-hydrogen) atoms. The van der Waals surface area contributed by atoms with Gasteiger partial charge in [-0.25, -0.2) is 4.98 Å². The van der Waals surface area contributed by atoms with Crippen LogP contribution in [0.25, 0.3) is 11.1 Å². The van der Waals surface area contributed by atoms with E-state index in [0.29, 0.717) is 5.92 Å². The number of anilines is 1. The van der Waals surface area contributed by atoms with E-state index in [1.54, 1.807) is 11.3 Å². The second-order valence-corrected chi connectivity index (χ2v) is 6.91. The first-order valence-corrected chi connectivity index (χ1v) is 8.33. The maximum absolute atomic E-state index is 5.77. The minimum absolute atomic E-state index is 0.556. The number of halogens is 1. The van der Waals surface area contributed by atoms with Crippen molar-refractivity contribution in [2.24, 2.45) is 0 Å². The van der Waals surface area contributed by atoms with E-state index in [1.807, 2.05) is 12.1 Å². The number of rotatable bonds is 4. The van der Waals surface area contributed by atoms with E-state index in [2.05, 4.69) is 43.7 Å². The molecule has 1 saturated carbocycles. The molecule has 1 N–H and O–H groups in total. The first kappa shape index (κ1) is 12.4. The molecule has 4 rings (SSSR count). The summed E-state index contributed by atoms with van der Waals surface area (Å²) in [7, 11) is 0. The van der Waals surface area contributed by atoms with Crippen molar-refractivity contribution in [1.29, 1.82) is 0 Å². The van der Waals surface area contributed by atoms with Crippen LogP contribution in [0.2, 0.25) is 0 Å². The smallest absolute Gasteiger partial charge is 0.198 e. The first-order chi connectivity index (χ1) is 9.79. The van der Waals surface area contributed by atoms with Crippen molar-refractivity contribution in [3.63, 3.8) is 0 Å². The van der Waals surface area contributed by atoms with Gasteiger partial charge < -0.3 is 9.73 Å². The van der Waals surface area contributed by atoms with Gasteiger partial charge in [0.1, 0.15) is 5.52 Å². The second-order valence-electron chi connectivity index (χ2n) is 5.05. The molecule has 2 aromatic heterocycles. The lowest BCUT2D eigenvalue weighted by Crippen LogP contribution is -1.97. The Hall–Kier alpha value is -1.33. The van der Waals surface area contributed by atoms with Gasteiger partial charge in [0, 0.05) is 21.0 Å². The quantitative estimate of drug-likeness (QED) is 0.709. The molecular weight excluding hydrogens is 336 g/mol. The summed E-state index contributed by atoms with van der Waals surface area (Å²) < 4.78 is 6.93. The summed E-state index contributed by atoms with van der Waals surface area (Å²) >= 11 is 5.29. The number of fused-ring (bicyclic) bond motifs is 1. The van der Waals surface area contributed by atoms with E-state index in [9.17, 15) is 0 Å². The lowest BCUT2D eigenvalue weighted by Gasteiger charge is -2.04. The molecule has 0 spiro atoms. The van der Waals surface area contributed by atoms with Crippen LogP contribution in [0, 0.1) is 0 Å². The van der Waals surface area contributed by atoms with Gasteiger partial charge in [0.2, 0.25) is 0 Å². The third-order valence-electron chi connectivity index (χ3n) is 3.47. The van der Waals surface area contributed by atoms with Gasteiger partial charge in [0.15, 0.2) is 11.5 Å². The highest BCUT2D eigenvalue weighted by Gasteiger charge is 2.28. The molecule has 1 aliphatic carbocycles. The third-order valence-corrected chi connectivity index (χ3v) is 5.40. The summed E-state index contributed by atoms with van der Waals surface area (Å²) in [5.74, 6) is 1.46. The van der Waals surface area contributed by atoms with Gasteiger partial charge in [-0.3, -0.25) is 0 Å². The molecule has 0 atom stereocenters. The average Bonchev–Trinajstić information content (AvgIpc) is 3.09. The molecule has 0 bridgehead atoms. The van der Waals surface area contributed by atoms with Gasteiger partial charge >= 0.3 is 0 Å². The predicted molar refractivity (Wildman–Crippen MR) is 85.3 cm³/mol. The van der Waals surface area contributed by atoms with Crippen LogP contribution in [0.15, 0.2) is 38.5 Å². The summed E-state index contributed by atoms with van der Waals surface area (Å²) in [4.78, 5) is 5.88. The second kappa shape index (κ2) is 4.90. The van der Waals surface area contributed by atoms with Crippen molar-refractivity contribution >= 4 is 44.1 Å². The molecular formula is C15H13BrN2OS. The molecule has 0 saturated heterocycles. The molecule has 3 nitrogen and oxygen atoms in total. The molecule has 2 heterocycles. The largest absolute Gasteiger partial charge is 0.440 e. The molecule has 0 radical (unpaired) electrons. The van der Waals surface area contributed by atoms with Crippen molar-refractivity contribution in [3.8, 4) is 0 Å². The van der Waals surface area contributed by atoms with Gasteiger partial charge in [-0.05, 0) is 58.4 Å². The van der Waals surface area contributed by atoms with E-state index < -0.39 is 0 Å². The normalized spacial score (nSPS) is 14.8. The summed E-state index contributed by atoms with van der Waals surface area (Å²) in [6.45, 7) is 0.817. The molecule has 0 amide bonds. The van der Waals surface area contributed by atoms with E-state index in [0.717, 1.165) is 33.7 Å². The van der Waals surface area contributed by atoms with Crippen LogP contribution in [0.1, 0.15) is 29.5 Å². The number of thiophene rings is 1. The number of nitrogens with zero attached hydrogens (tertiary/aromatic N) is 1. The number of hydrogen-bond acceptors (Lipinski definition) is 4. The number of benzene rings is 1.